The minimum Gasteiger partial charge on any atom is -0.508 e. The number of phenolic OH excluding ortho intramolecular Hbond substituents is 1. The number of nitrogens with one attached hydrogen (secondary N) is 7. The van der Waals surface area contributed by atoms with E-state index in [0.717, 1.165) is 21.6 Å². The Labute approximate surface area is 435 Å². The molecule has 3 aliphatic heterocycles. The number of aromatic hydroxyl groups is 1. The van der Waals surface area contributed by atoms with E-state index in [1.807, 2.05) is 13.8 Å². The third kappa shape index (κ3) is 17.5. The van der Waals surface area contributed by atoms with Crippen LogP contribution >= 0.6 is 21.6 Å². The summed E-state index contributed by atoms with van der Waals surface area (Å²) >= 11 is 0. The van der Waals surface area contributed by atoms with Gasteiger partial charge in [-0.05, 0) is 55.2 Å². The van der Waals surface area contributed by atoms with E-state index in [1.165, 1.54) is 34.1 Å². The number of carbonyl (C=O) groups excluding carboxylic acids is 12. The molecule has 0 bridgehead atoms. The third-order valence-corrected chi connectivity index (χ3v) is 15.0. The highest BCUT2D eigenvalue weighted by molar-refractivity contribution is 8.76. The number of carbonyl (C=O) groups is 12. The molecule has 28 heteroatoms. The number of primary amides is 3. The topological polar surface area (TPSA) is 420 Å². The number of amides is 12. The van der Waals surface area contributed by atoms with Gasteiger partial charge in [0.05, 0.1) is 25.6 Å². The molecule has 3 aliphatic rings. The van der Waals surface area contributed by atoms with Crippen LogP contribution in [0.1, 0.15) is 78.2 Å². The SMILES string of the molecule is CC[C@H](C)[C@@H]1NC(=O)[C@H](Cc2ccc(O)cc2)NC(=O)[C@@H](N)CSSC[C@@H](C(=O)N2CCC[C@H]2C(=O)N2C[C@H](C(=O)NCC(N)=O)NC(=O)[C@@H]2CC(C)C)NC(=O)[C@H](CC(N)=O)NC(=O)[C@H](CCC(N)=O)NC1=O. The quantitative estimate of drug-likeness (QED) is 0.0696. The summed E-state index contributed by atoms with van der Waals surface area (Å²) in [5, 5.41) is 27.6. The first-order valence-electron chi connectivity index (χ1n) is 24.2. The zero-order chi connectivity index (χ0) is 55.0. The van der Waals surface area contributed by atoms with Gasteiger partial charge in [0.15, 0.2) is 0 Å². The van der Waals surface area contributed by atoms with Crippen molar-refractivity contribution >= 4 is 92.5 Å². The van der Waals surface area contributed by atoms with Crippen LogP contribution in [-0.4, -0.2) is 171 Å². The van der Waals surface area contributed by atoms with Gasteiger partial charge in [0.1, 0.15) is 54.1 Å². The molecule has 10 atom stereocenters. The fourth-order valence-electron chi connectivity index (χ4n) is 8.40. The summed E-state index contributed by atoms with van der Waals surface area (Å²) in [4.78, 5) is 165. The number of hydrogen-bond acceptors (Lipinski definition) is 16. The van der Waals surface area contributed by atoms with E-state index >= 15 is 0 Å². The number of nitrogens with two attached hydrogens (primary N) is 4. The molecule has 0 unspecified atom stereocenters. The Hall–Kier alpha value is -6.68. The van der Waals surface area contributed by atoms with Crippen LogP contribution in [0.5, 0.6) is 5.75 Å². The Bertz CT molecular complexity index is 2280. The minimum atomic E-state index is -1.79. The predicted molar refractivity (Wildman–Crippen MR) is 270 cm³/mol. The Morgan fingerprint density at radius 3 is 1.95 bits per heavy atom. The number of nitrogens with zero attached hydrogens (tertiary/aromatic N) is 2. The smallest absolute Gasteiger partial charge is 0.246 e. The first-order valence-corrected chi connectivity index (χ1v) is 26.7. The summed E-state index contributed by atoms with van der Waals surface area (Å²) < 4.78 is 0. The van der Waals surface area contributed by atoms with Gasteiger partial charge in [-0.2, -0.15) is 0 Å². The summed E-state index contributed by atoms with van der Waals surface area (Å²) in [6, 6.07) is -6.55. The van der Waals surface area contributed by atoms with Gasteiger partial charge in [-0.1, -0.05) is 67.8 Å². The summed E-state index contributed by atoms with van der Waals surface area (Å²) in [7, 11) is 2.01. The highest BCUT2D eigenvalue weighted by Gasteiger charge is 2.46. The summed E-state index contributed by atoms with van der Waals surface area (Å²) in [5.41, 5.74) is 23.0. The van der Waals surface area contributed by atoms with Crippen molar-refractivity contribution in [3.63, 3.8) is 0 Å². The second-order valence-electron chi connectivity index (χ2n) is 18.9. The van der Waals surface area contributed by atoms with Crippen molar-refractivity contribution in [1.29, 1.82) is 0 Å². The number of phenols is 1. The number of benzene rings is 1. The molecule has 0 aliphatic carbocycles. The maximum atomic E-state index is 14.8. The van der Waals surface area contributed by atoms with Crippen LogP contribution in [-0.2, 0) is 64.0 Å². The van der Waals surface area contributed by atoms with Crippen LogP contribution in [0, 0.1) is 11.8 Å². The highest BCUT2D eigenvalue weighted by atomic mass is 33.1. The van der Waals surface area contributed by atoms with E-state index in [2.05, 4.69) is 37.2 Å². The molecule has 26 nitrogen and oxygen atoms in total. The fraction of sp³-hybridized carbons (Fsp3) is 0.609. The molecule has 74 heavy (non-hydrogen) atoms. The van der Waals surface area contributed by atoms with Crippen LogP contribution in [0.4, 0.5) is 0 Å². The predicted octanol–water partition coefficient (Wildman–Crippen LogP) is -4.40. The molecule has 4 rings (SSSR count). The van der Waals surface area contributed by atoms with Crippen molar-refractivity contribution in [3.8, 4) is 5.75 Å². The molecule has 3 fully saturated rings. The normalized spacial score (nSPS) is 26.3. The molecule has 0 aromatic heterocycles. The van der Waals surface area contributed by atoms with E-state index in [9.17, 15) is 62.6 Å². The van der Waals surface area contributed by atoms with Crippen molar-refractivity contribution in [2.75, 3.05) is 31.1 Å². The molecule has 16 N–H and O–H groups in total. The second kappa shape index (κ2) is 28.1. The average Bonchev–Trinajstić information content (AvgIpc) is 3.84. The van der Waals surface area contributed by atoms with E-state index < -0.39 is 157 Å². The standard InChI is InChI=1S/C46H69N13O13S2/c1-5-23(4)37-44(70)52-27(12-13-34(48)61)40(66)54-29(17-35(49)62)41(67)56-31(21-74-73-20-26(47)38(64)53-28(42(68)57-37)16-24-8-10-25(60)11-9-24)45(71)58-14-6-7-32(58)46(72)59-19-30(39(65)51-18-36(50)63)55-43(69)33(59)15-22(2)3/h8-11,22-23,26-33,37,60H,5-7,12-21,47H2,1-4H3,(H2,48,61)(H2,49,62)(H2,50,63)(H,51,65)(H,52,70)(H,53,64)(H,54,66)(H,55,69)(H,56,67)(H,57,68)/t23-,26-,27-,28-,29-,30+,31-,32-,33-,37-/m0/s1. The van der Waals surface area contributed by atoms with E-state index in [1.54, 1.807) is 13.8 Å². The van der Waals surface area contributed by atoms with Crippen LogP contribution in [0.25, 0.3) is 0 Å². The lowest BCUT2D eigenvalue weighted by molar-refractivity contribution is -0.153. The number of rotatable bonds is 16. The molecule has 1 aromatic carbocycles. The molecule has 3 heterocycles. The largest absolute Gasteiger partial charge is 0.508 e. The van der Waals surface area contributed by atoms with E-state index in [0.29, 0.717) is 18.4 Å². The Morgan fingerprint density at radius 2 is 1.32 bits per heavy atom. The Kier molecular flexibility index (Phi) is 22.8. The maximum absolute atomic E-state index is 14.8. The monoisotopic (exact) mass is 1080 g/mol. The van der Waals surface area contributed by atoms with Gasteiger partial charge < -0.3 is 75.1 Å². The Morgan fingerprint density at radius 1 is 0.716 bits per heavy atom. The number of piperazine rings is 1. The Balaban J connectivity index is 1.73. The van der Waals surface area contributed by atoms with Crippen molar-refractivity contribution in [2.45, 2.75) is 133 Å². The van der Waals surface area contributed by atoms with Gasteiger partial charge in [0, 0.05) is 30.9 Å². The lowest BCUT2D eigenvalue weighted by atomic mass is 9.96. The van der Waals surface area contributed by atoms with Crippen LogP contribution < -0.4 is 60.2 Å². The van der Waals surface area contributed by atoms with Gasteiger partial charge >= 0.3 is 0 Å². The van der Waals surface area contributed by atoms with Gasteiger partial charge in [0.25, 0.3) is 0 Å². The average molecular weight is 1080 g/mol. The van der Waals surface area contributed by atoms with Crippen LogP contribution in [0.15, 0.2) is 24.3 Å². The van der Waals surface area contributed by atoms with Gasteiger partial charge in [-0.15, -0.1) is 0 Å². The fourth-order valence-corrected chi connectivity index (χ4v) is 10.7. The summed E-state index contributed by atoms with van der Waals surface area (Å²) in [5.74, 6) is -11.4. The van der Waals surface area contributed by atoms with Crippen LogP contribution in [0.3, 0.4) is 0 Å². The molecule has 1 aromatic rings. The van der Waals surface area contributed by atoms with Crippen molar-refractivity contribution in [2.24, 2.45) is 34.8 Å². The first-order chi connectivity index (χ1) is 34.9. The van der Waals surface area contributed by atoms with Gasteiger partial charge in [-0.3, -0.25) is 57.5 Å². The minimum absolute atomic E-state index is 0.00109. The molecule has 0 radical (unpaired) electrons. The molecular weight excluding hydrogens is 1010 g/mol. The van der Waals surface area contributed by atoms with Gasteiger partial charge in [-0.25, -0.2) is 0 Å². The summed E-state index contributed by atoms with van der Waals surface area (Å²) in [6.45, 7) is 6.20. The van der Waals surface area contributed by atoms with E-state index in [-0.39, 0.29) is 55.5 Å². The lowest BCUT2D eigenvalue weighted by Gasteiger charge is -2.41. The lowest BCUT2D eigenvalue weighted by Crippen LogP contribution is -2.67. The second-order valence-corrected chi connectivity index (χ2v) is 21.5. The molecule has 0 spiro atoms. The number of likely N-dealkylation sites (tertiary alicyclic amines) is 1. The summed E-state index contributed by atoms with van der Waals surface area (Å²) in [6.07, 6.45) is -0.869. The maximum Gasteiger partial charge on any atom is 0.246 e. The number of hydrogen-bond donors (Lipinski definition) is 12. The molecule has 408 valence electrons. The first kappa shape index (κ1) is 59.9. The zero-order valence-corrected chi connectivity index (χ0v) is 43.4. The highest BCUT2D eigenvalue weighted by Crippen LogP contribution is 2.28. The molecule has 0 saturated carbocycles. The van der Waals surface area contributed by atoms with Crippen molar-refractivity contribution < 1.29 is 62.6 Å². The molecule has 3 saturated heterocycles. The van der Waals surface area contributed by atoms with E-state index in [4.69, 9.17) is 22.9 Å². The third-order valence-electron chi connectivity index (χ3n) is 12.6. The van der Waals surface area contributed by atoms with Crippen molar-refractivity contribution in [3.05, 3.63) is 29.8 Å². The molecular formula is C46H69N13O13S2. The van der Waals surface area contributed by atoms with Crippen LogP contribution in [0.2, 0.25) is 0 Å². The van der Waals surface area contributed by atoms with Gasteiger partial charge in [0.2, 0.25) is 70.9 Å². The van der Waals surface area contributed by atoms with Crippen molar-refractivity contribution in [1.82, 2.24) is 47.0 Å². The molecule has 12 amide bonds. The zero-order valence-electron chi connectivity index (χ0n) is 41.7.